The second kappa shape index (κ2) is 6.60. The Hall–Kier alpha value is -2.37. The topological polar surface area (TPSA) is 75.3 Å². The zero-order chi connectivity index (χ0) is 15.4. The van der Waals surface area contributed by atoms with Gasteiger partial charge in [0.15, 0.2) is 12.3 Å². The van der Waals surface area contributed by atoms with Crippen LogP contribution in [0.2, 0.25) is 0 Å². The van der Waals surface area contributed by atoms with Gasteiger partial charge in [0.05, 0.1) is 5.52 Å². The molecule has 0 atom stereocenters. The van der Waals surface area contributed by atoms with E-state index in [1.807, 2.05) is 18.2 Å². The van der Waals surface area contributed by atoms with Gasteiger partial charge < -0.3 is 9.64 Å². The van der Waals surface area contributed by atoms with E-state index in [1.54, 1.807) is 11.0 Å². The molecular weight excluding hydrogens is 282 g/mol. The number of hydrogen-bond donors (Lipinski definition) is 1. The minimum Gasteiger partial charge on any atom is -0.451 e. The molecule has 0 saturated carbocycles. The second-order valence-electron chi connectivity index (χ2n) is 5.49. The van der Waals surface area contributed by atoms with Gasteiger partial charge in [-0.25, -0.2) is 4.79 Å². The van der Waals surface area contributed by atoms with Gasteiger partial charge in [0.1, 0.15) is 0 Å². The number of aromatic nitrogens is 2. The maximum atomic E-state index is 12.1. The standard InChI is InChI=1S/C16H19N3O3/c20-14(19-9-5-1-2-6-10-19)11-22-16(21)15-12-7-3-4-8-13(12)17-18-15/h3-4,7-8H,1-2,5-6,9-11H2,(H,17,18). The molecule has 3 rings (SSSR count). The van der Waals surface area contributed by atoms with Gasteiger partial charge in [-0.2, -0.15) is 5.10 Å². The molecule has 1 aliphatic heterocycles. The first-order chi connectivity index (χ1) is 10.8. The average Bonchev–Trinajstić information content (AvgIpc) is 2.78. The number of nitrogens with one attached hydrogen (secondary N) is 1. The molecule has 6 heteroatoms. The van der Waals surface area contributed by atoms with Crippen molar-refractivity contribution in [1.29, 1.82) is 0 Å². The van der Waals surface area contributed by atoms with Crippen LogP contribution in [0.3, 0.4) is 0 Å². The van der Waals surface area contributed by atoms with E-state index in [4.69, 9.17) is 4.74 Å². The van der Waals surface area contributed by atoms with Crippen LogP contribution >= 0.6 is 0 Å². The highest BCUT2D eigenvalue weighted by atomic mass is 16.5. The highest BCUT2D eigenvalue weighted by molar-refractivity contribution is 6.02. The molecule has 0 spiro atoms. The van der Waals surface area contributed by atoms with Crippen molar-refractivity contribution >= 4 is 22.8 Å². The van der Waals surface area contributed by atoms with E-state index in [9.17, 15) is 9.59 Å². The lowest BCUT2D eigenvalue weighted by molar-refractivity contribution is -0.134. The van der Waals surface area contributed by atoms with Crippen LogP contribution in [0.15, 0.2) is 24.3 Å². The SMILES string of the molecule is O=C(OCC(=O)N1CCCCCC1)c1n[nH]c2ccccc12. The normalized spacial score (nSPS) is 15.5. The van der Waals surface area contributed by atoms with Crippen LogP contribution in [-0.2, 0) is 9.53 Å². The highest BCUT2D eigenvalue weighted by Crippen LogP contribution is 2.16. The van der Waals surface area contributed by atoms with Gasteiger partial charge in [0, 0.05) is 18.5 Å². The molecule has 116 valence electrons. The third-order valence-corrected chi connectivity index (χ3v) is 3.95. The number of benzene rings is 1. The van der Waals surface area contributed by atoms with Gasteiger partial charge in [-0.15, -0.1) is 0 Å². The van der Waals surface area contributed by atoms with Gasteiger partial charge in [0.2, 0.25) is 0 Å². The van der Waals surface area contributed by atoms with E-state index < -0.39 is 5.97 Å². The number of ether oxygens (including phenoxy) is 1. The number of aromatic amines is 1. The molecule has 1 aromatic carbocycles. The molecule has 1 aromatic heterocycles. The zero-order valence-electron chi connectivity index (χ0n) is 12.4. The summed E-state index contributed by atoms with van der Waals surface area (Å²) in [6.07, 6.45) is 4.35. The Labute approximate surface area is 128 Å². The van der Waals surface area contributed by atoms with E-state index in [-0.39, 0.29) is 18.2 Å². The lowest BCUT2D eigenvalue weighted by Crippen LogP contribution is -2.35. The van der Waals surface area contributed by atoms with E-state index in [0.717, 1.165) is 44.3 Å². The van der Waals surface area contributed by atoms with E-state index in [1.165, 1.54) is 0 Å². The summed E-state index contributed by atoms with van der Waals surface area (Å²) in [6, 6.07) is 7.32. The van der Waals surface area contributed by atoms with Crippen LogP contribution in [-0.4, -0.2) is 46.7 Å². The maximum absolute atomic E-state index is 12.1. The van der Waals surface area contributed by atoms with Crippen molar-refractivity contribution in [2.75, 3.05) is 19.7 Å². The fourth-order valence-electron chi connectivity index (χ4n) is 2.73. The molecule has 1 amide bonds. The average molecular weight is 301 g/mol. The third kappa shape index (κ3) is 3.10. The number of amides is 1. The number of likely N-dealkylation sites (tertiary alicyclic amines) is 1. The number of hydrogen-bond acceptors (Lipinski definition) is 4. The molecule has 1 N–H and O–H groups in total. The van der Waals surface area contributed by atoms with Crippen molar-refractivity contribution in [3.8, 4) is 0 Å². The largest absolute Gasteiger partial charge is 0.451 e. The van der Waals surface area contributed by atoms with Crippen molar-refractivity contribution in [2.24, 2.45) is 0 Å². The van der Waals surface area contributed by atoms with Crippen molar-refractivity contribution in [3.63, 3.8) is 0 Å². The summed E-state index contributed by atoms with van der Waals surface area (Å²) < 4.78 is 5.14. The van der Waals surface area contributed by atoms with Gasteiger partial charge in [-0.05, 0) is 18.9 Å². The Morgan fingerprint density at radius 3 is 2.64 bits per heavy atom. The van der Waals surface area contributed by atoms with Crippen LogP contribution in [0.25, 0.3) is 10.9 Å². The Morgan fingerprint density at radius 1 is 1.14 bits per heavy atom. The number of carbonyl (C=O) groups excluding carboxylic acids is 2. The molecule has 1 fully saturated rings. The third-order valence-electron chi connectivity index (χ3n) is 3.95. The van der Waals surface area contributed by atoms with Crippen molar-refractivity contribution < 1.29 is 14.3 Å². The summed E-state index contributed by atoms with van der Waals surface area (Å²) in [7, 11) is 0. The van der Waals surface area contributed by atoms with Crippen LogP contribution in [0.1, 0.15) is 36.2 Å². The summed E-state index contributed by atoms with van der Waals surface area (Å²) in [4.78, 5) is 26.0. The Balaban J connectivity index is 1.61. The molecule has 2 heterocycles. The number of rotatable bonds is 3. The molecular formula is C16H19N3O3. The summed E-state index contributed by atoms with van der Waals surface area (Å²) in [5.41, 5.74) is 0.993. The summed E-state index contributed by atoms with van der Waals surface area (Å²) in [5.74, 6) is -0.698. The Bertz CT molecular complexity index is 672. The van der Waals surface area contributed by atoms with Crippen molar-refractivity contribution in [3.05, 3.63) is 30.0 Å². The predicted molar refractivity (Wildman–Crippen MR) is 81.4 cm³/mol. The number of fused-ring (bicyclic) bond motifs is 1. The summed E-state index contributed by atoms with van der Waals surface area (Å²) in [6.45, 7) is 1.28. The zero-order valence-corrected chi connectivity index (χ0v) is 12.4. The van der Waals surface area contributed by atoms with Gasteiger partial charge in [-0.3, -0.25) is 9.89 Å². The monoisotopic (exact) mass is 301 g/mol. The molecule has 1 saturated heterocycles. The first-order valence-electron chi connectivity index (χ1n) is 7.64. The molecule has 1 aliphatic rings. The minimum atomic E-state index is -0.569. The quantitative estimate of drug-likeness (QED) is 0.881. The summed E-state index contributed by atoms with van der Waals surface area (Å²) in [5, 5.41) is 7.46. The molecule has 0 aliphatic carbocycles. The molecule has 0 bridgehead atoms. The number of carbonyl (C=O) groups is 2. The smallest absolute Gasteiger partial charge is 0.359 e. The lowest BCUT2D eigenvalue weighted by Gasteiger charge is -2.19. The predicted octanol–water partition coefficient (Wildman–Crippen LogP) is 2.12. The van der Waals surface area contributed by atoms with Crippen molar-refractivity contribution in [1.82, 2.24) is 15.1 Å². The number of esters is 1. The highest BCUT2D eigenvalue weighted by Gasteiger charge is 2.20. The van der Waals surface area contributed by atoms with Gasteiger partial charge in [-0.1, -0.05) is 31.0 Å². The minimum absolute atomic E-state index is 0.130. The Morgan fingerprint density at radius 2 is 1.86 bits per heavy atom. The van der Waals surface area contributed by atoms with Crippen LogP contribution < -0.4 is 0 Å². The lowest BCUT2D eigenvalue weighted by atomic mass is 10.2. The van der Waals surface area contributed by atoms with Crippen LogP contribution in [0.4, 0.5) is 0 Å². The molecule has 6 nitrogen and oxygen atoms in total. The van der Waals surface area contributed by atoms with E-state index in [0.29, 0.717) is 5.39 Å². The van der Waals surface area contributed by atoms with Crippen molar-refractivity contribution in [2.45, 2.75) is 25.7 Å². The fraction of sp³-hybridized carbons (Fsp3) is 0.438. The molecule has 0 radical (unpaired) electrons. The van der Waals surface area contributed by atoms with E-state index >= 15 is 0 Å². The van der Waals surface area contributed by atoms with E-state index in [2.05, 4.69) is 10.2 Å². The maximum Gasteiger partial charge on any atom is 0.359 e. The van der Waals surface area contributed by atoms with Gasteiger partial charge >= 0.3 is 5.97 Å². The molecule has 22 heavy (non-hydrogen) atoms. The van der Waals surface area contributed by atoms with Crippen LogP contribution in [0.5, 0.6) is 0 Å². The number of H-pyrrole nitrogens is 1. The molecule has 0 unspecified atom stereocenters. The number of para-hydroxylation sites is 1. The summed E-state index contributed by atoms with van der Waals surface area (Å²) >= 11 is 0. The molecule has 2 aromatic rings. The van der Waals surface area contributed by atoms with Crippen LogP contribution in [0, 0.1) is 0 Å². The number of nitrogens with zero attached hydrogens (tertiary/aromatic N) is 2. The second-order valence-corrected chi connectivity index (χ2v) is 5.49. The first-order valence-corrected chi connectivity index (χ1v) is 7.64. The van der Waals surface area contributed by atoms with Gasteiger partial charge in [0.25, 0.3) is 5.91 Å². The Kier molecular flexibility index (Phi) is 4.37. The first kappa shape index (κ1) is 14.6. The fourth-order valence-corrected chi connectivity index (χ4v) is 2.73.